The molecule has 194 valence electrons. The number of aromatic nitrogens is 2. The summed E-state index contributed by atoms with van der Waals surface area (Å²) in [6.45, 7) is 2.14. The first-order valence-corrected chi connectivity index (χ1v) is 14.2. The molecule has 1 fully saturated rings. The predicted molar refractivity (Wildman–Crippen MR) is 153 cm³/mol. The Balaban J connectivity index is 1.14. The maximum atomic E-state index is 13.3. The van der Waals surface area contributed by atoms with Crippen molar-refractivity contribution in [3.63, 3.8) is 0 Å². The Morgan fingerprint density at radius 2 is 1.92 bits per heavy atom. The molecule has 2 aliphatic rings. The monoisotopic (exact) mass is 591 g/mol. The number of thiophene rings is 1. The Bertz CT molecular complexity index is 1530. The summed E-state index contributed by atoms with van der Waals surface area (Å²) in [6, 6.07) is 15.6. The molecular weight excluding hydrogens is 566 g/mol. The molecule has 0 radical (unpaired) electrons. The van der Waals surface area contributed by atoms with E-state index in [2.05, 4.69) is 36.1 Å². The fourth-order valence-corrected chi connectivity index (χ4v) is 7.17. The van der Waals surface area contributed by atoms with Crippen molar-refractivity contribution < 1.29 is 14.3 Å². The quantitative estimate of drug-likeness (QED) is 0.297. The van der Waals surface area contributed by atoms with E-state index < -0.39 is 0 Å². The zero-order chi connectivity index (χ0) is 26.2. The second-order valence-electron chi connectivity index (χ2n) is 9.45. The number of rotatable bonds is 5. The molecule has 4 heterocycles. The Morgan fingerprint density at radius 1 is 1.11 bits per heavy atom. The van der Waals surface area contributed by atoms with E-state index in [9.17, 15) is 9.59 Å². The molecule has 38 heavy (non-hydrogen) atoms. The topological polar surface area (TPSA) is 87.7 Å². The van der Waals surface area contributed by atoms with Gasteiger partial charge in [0.15, 0.2) is 0 Å². The SMILES string of the molecule is COc1ccc2c(c1)CCN(C1CCN(c3cc(C(=O)c4sc5ccccc5c4Br)ncn3)CC1)C(=O)N2. The van der Waals surface area contributed by atoms with Crippen LogP contribution < -0.4 is 15.0 Å². The molecule has 2 aromatic carbocycles. The summed E-state index contributed by atoms with van der Waals surface area (Å²) in [5, 5.41) is 4.10. The number of ketones is 1. The number of ether oxygens (including phenoxy) is 1. The van der Waals surface area contributed by atoms with Gasteiger partial charge in [0, 0.05) is 52.0 Å². The van der Waals surface area contributed by atoms with Gasteiger partial charge in [-0.2, -0.15) is 0 Å². The van der Waals surface area contributed by atoms with E-state index in [1.165, 1.54) is 17.7 Å². The highest BCUT2D eigenvalue weighted by molar-refractivity contribution is 9.10. The van der Waals surface area contributed by atoms with Gasteiger partial charge in [-0.1, -0.05) is 18.2 Å². The highest BCUT2D eigenvalue weighted by Gasteiger charge is 2.31. The summed E-state index contributed by atoms with van der Waals surface area (Å²) < 4.78 is 7.21. The van der Waals surface area contributed by atoms with E-state index in [1.54, 1.807) is 13.2 Å². The first-order chi connectivity index (χ1) is 18.5. The van der Waals surface area contributed by atoms with E-state index in [0.29, 0.717) is 17.1 Å². The van der Waals surface area contributed by atoms with Crippen molar-refractivity contribution in [1.29, 1.82) is 0 Å². The predicted octanol–water partition coefficient (Wildman–Crippen LogP) is 5.75. The summed E-state index contributed by atoms with van der Waals surface area (Å²) >= 11 is 5.07. The van der Waals surface area contributed by atoms with E-state index in [4.69, 9.17) is 4.74 Å². The molecule has 2 aliphatic heterocycles. The third-order valence-corrected chi connectivity index (χ3v) is 9.55. The molecule has 0 aliphatic carbocycles. The van der Waals surface area contributed by atoms with Crippen molar-refractivity contribution in [2.24, 2.45) is 0 Å². The number of halogens is 1. The number of piperidine rings is 1. The maximum absolute atomic E-state index is 13.3. The average Bonchev–Trinajstić information content (AvgIpc) is 3.20. The Morgan fingerprint density at radius 3 is 2.71 bits per heavy atom. The van der Waals surface area contributed by atoms with Crippen molar-refractivity contribution in [3.8, 4) is 5.75 Å². The van der Waals surface area contributed by atoms with Gasteiger partial charge in [-0.3, -0.25) is 4.79 Å². The van der Waals surface area contributed by atoms with Crippen LogP contribution in [0, 0.1) is 0 Å². The third kappa shape index (κ3) is 4.63. The number of methoxy groups -OCH3 is 1. The summed E-state index contributed by atoms with van der Waals surface area (Å²) in [5.41, 5.74) is 2.31. The Hall–Kier alpha value is -3.50. The average molecular weight is 593 g/mol. The van der Waals surface area contributed by atoms with E-state index in [1.807, 2.05) is 47.4 Å². The van der Waals surface area contributed by atoms with Gasteiger partial charge in [-0.25, -0.2) is 14.8 Å². The lowest BCUT2D eigenvalue weighted by Crippen LogP contribution is -2.49. The molecule has 0 bridgehead atoms. The van der Waals surface area contributed by atoms with Gasteiger partial charge in [0.05, 0.1) is 12.0 Å². The van der Waals surface area contributed by atoms with E-state index >= 15 is 0 Å². The molecule has 0 atom stereocenters. The summed E-state index contributed by atoms with van der Waals surface area (Å²) in [5.74, 6) is 1.41. The van der Waals surface area contributed by atoms with Crippen molar-refractivity contribution in [3.05, 3.63) is 75.5 Å². The first-order valence-electron chi connectivity index (χ1n) is 12.5. The minimum absolute atomic E-state index is 0.0591. The number of fused-ring (bicyclic) bond motifs is 2. The van der Waals surface area contributed by atoms with Crippen LogP contribution in [-0.2, 0) is 6.42 Å². The summed E-state index contributed by atoms with van der Waals surface area (Å²) in [6.07, 6.45) is 3.88. The minimum atomic E-state index is -0.117. The normalized spacial score (nSPS) is 16.2. The van der Waals surface area contributed by atoms with Gasteiger partial charge in [-0.05, 0) is 65.0 Å². The number of carbonyl (C=O) groups is 2. The first kappa shape index (κ1) is 24.8. The number of anilines is 2. The Labute approximate surface area is 232 Å². The number of hydrogen-bond donors (Lipinski definition) is 1. The van der Waals surface area contributed by atoms with Crippen molar-refractivity contribution in [2.75, 3.05) is 37.0 Å². The number of nitrogens with zero attached hydrogens (tertiary/aromatic N) is 4. The minimum Gasteiger partial charge on any atom is -0.497 e. The zero-order valence-corrected chi connectivity index (χ0v) is 23.2. The maximum Gasteiger partial charge on any atom is 0.322 e. The fraction of sp³-hybridized carbons (Fsp3) is 0.286. The van der Waals surface area contributed by atoms with Gasteiger partial charge in [-0.15, -0.1) is 11.3 Å². The lowest BCUT2D eigenvalue weighted by atomic mass is 10.0. The van der Waals surface area contributed by atoms with Gasteiger partial charge in [0.25, 0.3) is 0 Å². The molecule has 1 N–H and O–H groups in total. The molecule has 2 amide bonds. The molecule has 0 saturated carbocycles. The van der Waals surface area contributed by atoms with Crippen molar-refractivity contribution in [1.82, 2.24) is 14.9 Å². The molecule has 8 nitrogen and oxygen atoms in total. The van der Waals surface area contributed by atoms with Crippen LogP contribution in [0.4, 0.5) is 16.3 Å². The number of nitrogens with one attached hydrogen (secondary N) is 1. The van der Waals surface area contributed by atoms with Crippen LogP contribution in [0.1, 0.15) is 33.8 Å². The molecule has 6 rings (SSSR count). The summed E-state index contributed by atoms with van der Waals surface area (Å²) in [7, 11) is 1.65. The van der Waals surface area contributed by atoms with Gasteiger partial charge < -0.3 is 19.9 Å². The summed E-state index contributed by atoms with van der Waals surface area (Å²) in [4.78, 5) is 39.9. The highest BCUT2D eigenvalue weighted by atomic mass is 79.9. The largest absolute Gasteiger partial charge is 0.497 e. The zero-order valence-electron chi connectivity index (χ0n) is 20.8. The van der Waals surface area contributed by atoms with Crippen LogP contribution in [0.25, 0.3) is 10.1 Å². The fourth-order valence-electron chi connectivity index (χ4n) is 5.23. The van der Waals surface area contributed by atoms with Crippen LogP contribution in [-0.4, -0.2) is 59.5 Å². The third-order valence-electron chi connectivity index (χ3n) is 7.29. The smallest absolute Gasteiger partial charge is 0.322 e. The highest BCUT2D eigenvalue weighted by Crippen LogP contribution is 2.37. The molecule has 10 heteroatoms. The molecule has 4 aromatic rings. The van der Waals surface area contributed by atoms with E-state index in [-0.39, 0.29) is 17.9 Å². The molecule has 0 unspecified atom stereocenters. The van der Waals surface area contributed by atoms with Gasteiger partial charge in [0.1, 0.15) is 23.6 Å². The van der Waals surface area contributed by atoms with Crippen LogP contribution in [0.5, 0.6) is 5.75 Å². The van der Waals surface area contributed by atoms with Crippen LogP contribution in [0.2, 0.25) is 0 Å². The number of carbonyl (C=O) groups excluding carboxylic acids is 2. The second-order valence-corrected chi connectivity index (χ2v) is 11.3. The molecule has 1 saturated heterocycles. The second kappa shape index (κ2) is 10.3. The van der Waals surface area contributed by atoms with Crippen molar-refractivity contribution >= 4 is 60.7 Å². The number of hydrogen-bond acceptors (Lipinski definition) is 7. The molecule has 0 spiro atoms. The van der Waals surface area contributed by atoms with E-state index in [0.717, 1.165) is 69.7 Å². The van der Waals surface area contributed by atoms with Crippen LogP contribution in [0.3, 0.4) is 0 Å². The van der Waals surface area contributed by atoms with Crippen LogP contribution in [0.15, 0.2) is 59.3 Å². The lowest BCUT2D eigenvalue weighted by molar-refractivity contribution is 0.103. The number of urea groups is 1. The number of amides is 2. The standard InChI is InChI=1S/C28H26BrN5O3S/c1-37-19-6-7-21-17(14-19)8-13-34(28(36)32-21)18-9-11-33(12-10-18)24-15-22(30-16-31-24)26(35)27-25(29)20-4-2-3-5-23(20)38-27/h2-7,14-16,18H,8-13H2,1H3,(H,32,36). The lowest BCUT2D eigenvalue weighted by Gasteiger charge is -2.38. The molecule has 2 aromatic heterocycles. The molecular formula is C28H26BrN5O3S. The van der Waals surface area contributed by atoms with Crippen LogP contribution >= 0.6 is 27.3 Å². The van der Waals surface area contributed by atoms with Gasteiger partial charge in [0.2, 0.25) is 5.78 Å². The van der Waals surface area contributed by atoms with Crippen molar-refractivity contribution in [2.45, 2.75) is 25.3 Å². The number of benzene rings is 2. The Kier molecular flexibility index (Phi) is 6.75. The van der Waals surface area contributed by atoms with Gasteiger partial charge >= 0.3 is 6.03 Å².